The Bertz CT molecular complexity index is 231. The molecule has 0 amide bonds. The Kier molecular flexibility index (Phi) is 4.18. The summed E-state index contributed by atoms with van der Waals surface area (Å²) in [5.74, 6) is -0.176. The molecular weight excluding hydrogens is 204 g/mol. The molecule has 0 aromatic rings. The summed E-state index contributed by atoms with van der Waals surface area (Å²) in [7, 11) is 0. The van der Waals surface area contributed by atoms with Gasteiger partial charge in [0.05, 0.1) is 12.7 Å². The summed E-state index contributed by atoms with van der Waals surface area (Å²) in [6, 6.07) is 0. The van der Waals surface area contributed by atoms with Crippen molar-refractivity contribution in [1.29, 1.82) is 0 Å². The molecule has 88 valence electrons. The Morgan fingerprint density at radius 2 is 2.00 bits per heavy atom. The average Bonchev–Trinajstić information content (AvgIpc) is 2.44. The van der Waals surface area contributed by atoms with E-state index in [1.54, 1.807) is 0 Å². The number of ether oxygens (including phenoxy) is 1. The molecule has 0 aromatic carbocycles. The van der Waals surface area contributed by atoms with Gasteiger partial charge in [-0.3, -0.25) is 4.79 Å². The number of hydrogen-bond acceptors (Lipinski definition) is 6. The number of aliphatic hydroxyl groups is 4. The van der Waals surface area contributed by atoms with E-state index in [9.17, 15) is 20.1 Å². The van der Waals surface area contributed by atoms with Crippen LogP contribution in [0, 0.1) is 0 Å². The molecule has 1 aliphatic rings. The first-order valence-corrected chi connectivity index (χ1v) is 4.77. The summed E-state index contributed by atoms with van der Waals surface area (Å²) in [6.07, 6.45) is -5.63. The van der Waals surface area contributed by atoms with E-state index in [2.05, 4.69) is 0 Å². The van der Waals surface area contributed by atoms with Gasteiger partial charge in [0, 0.05) is 6.42 Å². The zero-order chi connectivity index (χ0) is 11.6. The van der Waals surface area contributed by atoms with Crippen LogP contribution in [0.3, 0.4) is 0 Å². The van der Waals surface area contributed by atoms with Crippen molar-refractivity contribution < 1.29 is 30.0 Å². The second kappa shape index (κ2) is 5.00. The predicted octanol–water partition coefficient (Wildman–Crippen LogP) is -2.19. The molecule has 6 nitrogen and oxygen atoms in total. The van der Waals surface area contributed by atoms with Crippen molar-refractivity contribution in [3.8, 4) is 0 Å². The van der Waals surface area contributed by atoms with Crippen LogP contribution in [0.2, 0.25) is 0 Å². The van der Waals surface area contributed by atoms with Crippen LogP contribution >= 0.6 is 0 Å². The normalized spacial score (nSPS) is 37.9. The average molecular weight is 220 g/mol. The summed E-state index contributed by atoms with van der Waals surface area (Å²) in [4.78, 5) is 10.8. The number of carbonyl (C=O) groups is 1. The van der Waals surface area contributed by atoms with Crippen LogP contribution in [-0.2, 0) is 9.53 Å². The van der Waals surface area contributed by atoms with Crippen LogP contribution in [0.5, 0.6) is 0 Å². The highest BCUT2D eigenvalue weighted by atomic mass is 16.6. The lowest BCUT2D eigenvalue weighted by Crippen LogP contribution is -2.40. The van der Waals surface area contributed by atoms with Crippen molar-refractivity contribution >= 4 is 5.78 Å². The van der Waals surface area contributed by atoms with Gasteiger partial charge in [-0.2, -0.15) is 0 Å². The lowest BCUT2D eigenvalue weighted by atomic mass is 10.0. The number of Topliss-reactive ketones (excluding diaryl/α,β-unsaturated/α-hetero) is 1. The van der Waals surface area contributed by atoms with E-state index >= 15 is 0 Å². The fourth-order valence-electron chi connectivity index (χ4n) is 1.65. The molecule has 0 bridgehead atoms. The number of rotatable bonds is 4. The molecule has 1 fully saturated rings. The quantitative estimate of drug-likeness (QED) is 0.428. The van der Waals surface area contributed by atoms with Crippen molar-refractivity contribution in [3.63, 3.8) is 0 Å². The van der Waals surface area contributed by atoms with E-state index in [-0.39, 0.29) is 12.2 Å². The Balaban J connectivity index is 2.62. The third-order valence-electron chi connectivity index (χ3n) is 2.45. The van der Waals surface area contributed by atoms with Crippen LogP contribution in [-0.4, -0.2) is 63.3 Å². The van der Waals surface area contributed by atoms with Gasteiger partial charge in [-0.15, -0.1) is 0 Å². The molecule has 1 unspecified atom stereocenters. The maximum absolute atomic E-state index is 10.8. The third-order valence-corrected chi connectivity index (χ3v) is 2.45. The topological polar surface area (TPSA) is 107 Å². The van der Waals surface area contributed by atoms with E-state index in [1.165, 1.54) is 6.92 Å². The highest BCUT2D eigenvalue weighted by Gasteiger charge is 2.45. The Morgan fingerprint density at radius 1 is 1.40 bits per heavy atom. The van der Waals surface area contributed by atoms with Gasteiger partial charge in [-0.25, -0.2) is 0 Å². The Hall–Kier alpha value is -0.530. The fraction of sp³-hybridized carbons (Fsp3) is 0.889. The molecule has 1 rings (SSSR count). The molecule has 4 N–H and O–H groups in total. The summed E-state index contributed by atoms with van der Waals surface area (Å²) < 4.78 is 5.12. The summed E-state index contributed by atoms with van der Waals surface area (Å²) >= 11 is 0. The molecule has 0 aliphatic carbocycles. The fourth-order valence-corrected chi connectivity index (χ4v) is 1.65. The van der Waals surface area contributed by atoms with Crippen molar-refractivity contribution in [3.05, 3.63) is 0 Å². The SMILES string of the molecule is CC(=O)CC1O[C@H]([C@@H](O)CO)[C@H](O)[C@H]1O. The van der Waals surface area contributed by atoms with E-state index in [1.807, 2.05) is 0 Å². The summed E-state index contributed by atoms with van der Waals surface area (Å²) in [5.41, 5.74) is 0. The first-order chi connectivity index (χ1) is 6.97. The minimum atomic E-state index is -1.28. The van der Waals surface area contributed by atoms with Crippen molar-refractivity contribution in [2.75, 3.05) is 6.61 Å². The molecule has 0 saturated carbocycles. The first kappa shape index (κ1) is 12.5. The number of ketones is 1. The second-order valence-electron chi connectivity index (χ2n) is 3.78. The molecule has 1 aliphatic heterocycles. The highest BCUT2D eigenvalue weighted by molar-refractivity contribution is 5.76. The highest BCUT2D eigenvalue weighted by Crippen LogP contribution is 2.25. The molecule has 0 spiro atoms. The van der Waals surface area contributed by atoms with Crippen LogP contribution in [0.25, 0.3) is 0 Å². The lowest BCUT2D eigenvalue weighted by molar-refractivity contribution is -0.122. The Morgan fingerprint density at radius 3 is 2.47 bits per heavy atom. The van der Waals surface area contributed by atoms with E-state index in [0.717, 1.165) is 0 Å². The summed E-state index contributed by atoms with van der Waals surface area (Å²) in [6.45, 7) is 0.777. The van der Waals surface area contributed by atoms with Crippen LogP contribution in [0.4, 0.5) is 0 Å². The van der Waals surface area contributed by atoms with Gasteiger partial charge >= 0.3 is 0 Å². The zero-order valence-corrected chi connectivity index (χ0v) is 8.41. The molecular formula is C9H16O6. The van der Waals surface area contributed by atoms with Gasteiger partial charge in [-0.05, 0) is 6.92 Å². The van der Waals surface area contributed by atoms with Gasteiger partial charge in [0.25, 0.3) is 0 Å². The molecule has 0 aromatic heterocycles. The minimum absolute atomic E-state index is 0.0210. The molecule has 15 heavy (non-hydrogen) atoms. The third kappa shape index (κ3) is 2.73. The molecule has 6 heteroatoms. The maximum atomic E-state index is 10.8. The maximum Gasteiger partial charge on any atom is 0.132 e. The number of hydrogen-bond donors (Lipinski definition) is 4. The smallest absolute Gasteiger partial charge is 0.132 e. The number of aliphatic hydroxyl groups excluding tert-OH is 4. The van der Waals surface area contributed by atoms with Gasteiger partial charge < -0.3 is 25.2 Å². The number of carbonyl (C=O) groups excluding carboxylic acids is 1. The molecule has 5 atom stereocenters. The van der Waals surface area contributed by atoms with E-state index in [4.69, 9.17) is 9.84 Å². The van der Waals surface area contributed by atoms with Crippen molar-refractivity contribution in [2.24, 2.45) is 0 Å². The zero-order valence-electron chi connectivity index (χ0n) is 8.41. The van der Waals surface area contributed by atoms with Crippen molar-refractivity contribution in [2.45, 2.75) is 43.9 Å². The minimum Gasteiger partial charge on any atom is -0.394 e. The van der Waals surface area contributed by atoms with E-state index < -0.39 is 37.1 Å². The largest absolute Gasteiger partial charge is 0.394 e. The van der Waals surface area contributed by atoms with Crippen LogP contribution < -0.4 is 0 Å². The van der Waals surface area contributed by atoms with Gasteiger partial charge in [-0.1, -0.05) is 0 Å². The molecule has 1 heterocycles. The monoisotopic (exact) mass is 220 g/mol. The van der Waals surface area contributed by atoms with Gasteiger partial charge in [0.15, 0.2) is 0 Å². The predicted molar refractivity (Wildman–Crippen MR) is 49.1 cm³/mol. The molecule has 1 saturated heterocycles. The lowest BCUT2D eigenvalue weighted by Gasteiger charge is -2.18. The summed E-state index contributed by atoms with van der Waals surface area (Å²) in [5, 5.41) is 36.9. The standard InChI is InChI=1S/C9H16O6/c1-4(11)2-6-7(13)8(14)9(15-6)5(12)3-10/h5-10,12-14H,2-3H2,1H3/t5-,6?,7-,8+,9+/m0/s1. The van der Waals surface area contributed by atoms with E-state index in [0.29, 0.717) is 0 Å². The molecule has 0 radical (unpaired) electrons. The van der Waals surface area contributed by atoms with Crippen molar-refractivity contribution in [1.82, 2.24) is 0 Å². The first-order valence-electron chi connectivity index (χ1n) is 4.77. The van der Waals surface area contributed by atoms with Gasteiger partial charge in [0.2, 0.25) is 0 Å². The Labute approximate surface area is 87.1 Å². The van der Waals surface area contributed by atoms with Crippen LogP contribution in [0.1, 0.15) is 13.3 Å². The second-order valence-corrected chi connectivity index (χ2v) is 3.78. The van der Waals surface area contributed by atoms with Crippen LogP contribution in [0.15, 0.2) is 0 Å². The van der Waals surface area contributed by atoms with Gasteiger partial charge in [0.1, 0.15) is 30.2 Å².